The number of aryl methyl sites for hydroxylation is 3. The van der Waals surface area contributed by atoms with Crippen LogP contribution in [0.1, 0.15) is 28.8 Å². The van der Waals surface area contributed by atoms with Crippen LogP contribution in [0.25, 0.3) is 0 Å². The summed E-state index contributed by atoms with van der Waals surface area (Å²) in [4.78, 5) is 30.7. The molecule has 1 aliphatic rings. The Morgan fingerprint density at radius 1 is 1.20 bits per heavy atom. The van der Waals surface area contributed by atoms with Gasteiger partial charge < -0.3 is 0 Å². The van der Waals surface area contributed by atoms with Gasteiger partial charge in [-0.2, -0.15) is 5.26 Å². The topological polar surface area (TPSA) is 74.1 Å². The van der Waals surface area contributed by atoms with Crippen molar-refractivity contribution in [2.45, 2.75) is 37.5 Å². The van der Waals surface area contributed by atoms with Crippen molar-refractivity contribution in [3.63, 3.8) is 0 Å². The van der Waals surface area contributed by atoms with Gasteiger partial charge in [0.15, 0.2) is 0 Å². The number of pyridine rings is 1. The van der Waals surface area contributed by atoms with E-state index in [9.17, 15) is 14.9 Å². The highest BCUT2D eigenvalue weighted by molar-refractivity contribution is 8.00. The molecular weight excluding hydrogens is 334 g/mol. The molecule has 126 valence electrons. The summed E-state index contributed by atoms with van der Waals surface area (Å²) in [6.45, 7) is 5.64. The molecule has 0 saturated carbocycles. The first-order valence-corrected chi connectivity index (χ1v) is 8.77. The molecule has 1 aliphatic heterocycles. The van der Waals surface area contributed by atoms with Crippen LogP contribution in [-0.2, 0) is 9.59 Å². The fraction of sp³-hybridized carbons (Fsp3) is 0.263. The van der Waals surface area contributed by atoms with Gasteiger partial charge in [0.05, 0.1) is 16.5 Å². The summed E-state index contributed by atoms with van der Waals surface area (Å²) in [7, 11) is 0. The predicted molar refractivity (Wildman–Crippen MR) is 96.4 cm³/mol. The van der Waals surface area contributed by atoms with Gasteiger partial charge in [0, 0.05) is 12.1 Å². The minimum absolute atomic E-state index is 0.108. The molecule has 0 N–H and O–H groups in total. The quantitative estimate of drug-likeness (QED) is 0.793. The maximum atomic E-state index is 12.7. The Kier molecular flexibility index (Phi) is 4.60. The van der Waals surface area contributed by atoms with Gasteiger partial charge in [0.25, 0.3) is 0 Å². The molecule has 2 amide bonds. The molecule has 1 atom stereocenters. The average Bonchev–Trinajstić information content (AvgIpc) is 2.82. The van der Waals surface area contributed by atoms with Gasteiger partial charge in [-0.1, -0.05) is 29.5 Å². The van der Waals surface area contributed by atoms with Gasteiger partial charge in [-0.3, -0.25) is 9.59 Å². The Morgan fingerprint density at radius 2 is 1.88 bits per heavy atom. The molecule has 0 aliphatic carbocycles. The van der Waals surface area contributed by atoms with E-state index in [1.54, 1.807) is 12.1 Å². The van der Waals surface area contributed by atoms with Gasteiger partial charge in [0.1, 0.15) is 11.1 Å². The van der Waals surface area contributed by atoms with E-state index in [1.807, 2.05) is 39.0 Å². The Morgan fingerprint density at radius 3 is 2.52 bits per heavy atom. The van der Waals surface area contributed by atoms with Crippen LogP contribution >= 0.6 is 11.8 Å². The third-order valence-electron chi connectivity index (χ3n) is 4.07. The molecule has 5 nitrogen and oxygen atoms in total. The summed E-state index contributed by atoms with van der Waals surface area (Å²) in [5.41, 5.74) is 3.71. The van der Waals surface area contributed by atoms with E-state index in [0.29, 0.717) is 16.3 Å². The third-order valence-corrected chi connectivity index (χ3v) is 5.25. The van der Waals surface area contributed by atoms with Crippen molar-refractivity contribution in [1.29, 1.82) is 5.26 Å². The Balaban J connectivity index is 1.89. The maximum absolute atomic E-state index is 12.7. The minimum Gasteiger partial charge on any atom is -0.274 e. The van der Waals surface area contributed by atoms with Crippen molar-refractivity contribution in [2.24, 2.45) is 0 Å². The lowest BCUT2D eigenvalue weighted by atomic mass is 10.1. The van der Waals surface area contributed by atoms with E-state index in [1.165, 1.54) is 16.7 Å². The predicted octanol–water partition coefficient (Wildman–Crippen LogP) is 3.30. The normalized spacial score (nSPS) is 17.0. The number of amides is 2. The Bertz CT molecular complexity index is 900. The average molecular weight is 351 g/mol. The summed E-state index contributed by atoms with van der Waals surface area (Å²) in [5.74, 6) is -0.488. The third kappa shape index (κ3) is 3.28. The number of aromatic nitrogens is 1. The van der Waals surface area contributed by atoms with Gasteiger partial charge in [0.2, 0.25) is 11.8 Å². The standard InChI is InChI=1S/C19H17N3O2S/c1-11-4-6-14(7-5-11)22-17(23)9-16(19(22)24)25-18-15(10-20)12(2)8-13(3)21-18/h4-8,16H,9H2,1-3H3/t16-/m0/s1. The van der Waals surface area contributed by atoms with Crippen LogP contribution in [-0.4, -0.2) is 22.0 Å². The number of thioether (sulfide) groups is 1. The SMILES string of the molecule is Cc1ccc(N2C(=O)C[C@H](Sc3nc(C)cc(C)c3C#N)C2=O)cc1. The summed E-state index contributed by atoms with van der Waals surface area (Å²) in [5, 5.41) is 9.32. The second-order valence-corrected chi connectivity index (χ2v) is 7.28. The van der Waals surface area contributed by atoms with Crippen LogP contribution < -0.4 is 4.90 Å². The second-order valence-electron chi connectivity index (χ2n) is 6.09. The number of rotatable bonds is 3. The summed E-state index contributed by atoms with van der Waals surface area (Å²) in [6.07, 6.45) is 0.108. The largest absolute Gasteiger partial charge is 0.274 e. The monoisotopic (exact) mass is 351 g/mol. The molecule has 0 bridgehead atoms. The number of hydrogen-bond donors (Lipinski definition) is 0. The molecule has 1 aromatic heterocycles. The Hall–Kier alpha value is -2.65. The molecule has 1 fully saturated rings. The molecule has 6 heteroatoms. The van der Waals surface area contributed by atoms with E-state index in [-0.39, 0.29) is 18.2 Å². The van der Waals surface area contributed by atoms with Gasteiger partial charge in [-0.05, 0) is 44.5 Å². The van der Waals surface area contributed by atoms with Crippen LogP contribution in [0.5, 0.6) is 0 Å². The summed E-state index contributed by atoms with van der Waals surface area (Å²) in [6, 6.07) is 11.3. The molecule has 1 aromatic carbocycles. The smallest absolute Gasteiger partial charge is 0.247 e. The maximum Gasteiger partial charge on any atom is 0.247 e. The van der Waals surface area contributed by atoms with E-state index in [2.05, 4.69) is 11.1 Å². The molecule has 25 heavy (non-hydrogen) atoms. The number of nitrogens with zero attached hydrogens (tertiary/aromatic N) is 3. The molecule has 3 rings (SSSR count). The van der Waals surface area contributed by atoms with Crippen molar-refractivity contribution >= 4 is 29.3 Å². The lowest BCUT2D eigenvalue weighted by Crippen LogP contribution is -2.31. The molecular formula is C19H17N3O2S. The van der Waals surface area contributed by atoms with Crippen molar-refractivity contribution in [2.75, 3.05) is 4.90 Å². The van der Waals surface area contributed by atoms with Gasteiger partial charge in [-0.15, -0.1) is 0 Å². The van der Waals surface area contributed by atoms with E-state index >= 15 is 0 Å². The highest BCUT2D eigenvalue weighted by Gasteiger charge is 2.40. The van der Waals surface area contributed by atoms with Gasteiger partial charge in [-0.25, -0.2) is 9.88 Å². The van der Waals surface area contributed by atoms with E-state index in [4.69, 9.17) is 0 Å². The zero-order valence-corrected chi connectivity index (χ0v) is 15.1. The van der Waals surface area contributed by atoms with Gasteiger partial charge >= 0.3 is 0 Å². The van der Waals surface area contributed by atoms with Crippen molar-refractivity contribution < 1.29 is 9.59 Å². The molecule has 2 aromatic rings. The number of nitriles is 1. The van der Waals surface area contributed by atoms with Crippen LogP contribution in [0.4, 0.5) is 5.69 Å². The fourth-order valence-electron chi connectivity index (χ4n) is 2.82. The van der Waals surface area contributed by atoms with Crippen molar-refractivity contribution in [3.05, 3.63) is 52.7 Å². The van der Waals surface area contributed by atoms with Crippen LogP contribution in [0.15, 0.2) is 35.4 Å². The van der Waals surface area contributed by atoms with Crippen LogP contribution in [0, 0.1) is 32.1 Å². The molecule has 0 unspecified atom stereocenters. The van der Waals surface area contributed by atoms with E-state index in [0.717, 1.165) is 16.8 Å². The number of anilines is 1. The lowest BCUT2D eigenvalue weighted by molar-refractivity contribution is -0.121. The molecule has 2 heterocycles. The zero-order chi connectivity index (χ0) is 18.1. The fourth-order valence-corrected chi connectivity index (χ4v) is 4.04. The molecule has 0 radical (unpaired) electrons. The minimum atomic E-state index is -0.561. The first-order valence-electron chi connectivity index (χ1n) is 7.89. The highest BCUT2D eigenvalue weighted by Crippen LogP contribution is 2.35. The zero-order valence-electron chi connectivity index (χ0n) is 14.2. The summed E-state index contributed by atoms with van der Waals surface area (Å²) >= 11 is 1.20. The van der Waals surface area contributed by atoms with Crippen molar-refractivity contribution in [1.82, 2.24) is 4.98 Å². The first-order chi connectivity index (χ1) is 11.9. The molecule has 1 saturated heterocycles. The number of carbonyl (C=O) groups excluding carboxylic acids is 2. The first kappa shape index (κ1) is 17.2. The van der Waals surface area contributed by atoms with E-state index < -0.39 is 5.25 Å². The number of hydrogen-bond acceptors (Lipinski definition) is 5. The van der Waals surface area contributed by atoms with Crippen molar-refractivity contribution in [3.8, 4) is 6.07 Å². The number of benzene rings is 1. The number of imide groups is 1. The number of carbonyl (C=O) groups is 2. The highest BCUT2D eigenvalue weighted by atomic mass is 32.2. The van der Waals surface area contributed by atoms with Crippen LogP contribution in [0.2, 0.25) is 0 Å². The lowest BCUT2D eigenvalue weighted by Gasteiger charge is -2.15. The Labute approximate surface area is 150 Å². The second kappa shape index (κ2) is 6.69. The summed E-state index contributed by atoms with van der Waals surface area (Å²) < 4.78 is 0. The van der Waals surface area contributed by atoms with Crippen LogP contribution in [0.3, 0.4) is 0 Å². The molecule has 0 spiro atoms.